The molecule has 1 aromatic rings. The Morgan fingerprint density at radius 2 is 1.90 bits per heavy atom. The van der Waals surface area contributed by atoms with Crippen molar-refractivity contribution in [3.8, 4) is 0 Å². The van der Waals surface area contributed by atoms with Gasteiger partial charge in [-0.3, -0.25) is 10.1 Å². The van der Waals surface area contributed by atoms with Crippen molar-refractivity contribution in [3.05, 3.63) is 33.4 Å². The molecule has 0 saturated carbocycles. The van der Waals surface area contributed by atoms with Gasteiger partial charge in [-0.2, -0.15) is 0 Å². The summed E-state index contributed by atoms with van der Waals surface area (Å²) in [4.78, 5) is 10.3. The van der Waals surface area contributed by atoms with Crippen molar-refractivity contribution < 1.29 is 13.3 Å². The molecule has 0 aliphatic carbocycles. The van der Waals surface area contributed by atoms with Gasteiger partial charge in [0, 0.05) is 24.7 Å². The summed E-state index contributed by atoms with van der Waals surface area (Å²) >= 11 is 0. The maximum Gasteiger partial charge on any atom is 0.273 e. The van der Waals surface area contributed by atoms with Gasteiger partial charge < -0.3 is 5.32 Å². The summed E-state index contributed by atoms with van der Waals surface area (Å²) in [7, 11) is -3.73. The molecule has 0 aliphatic rings. The van der Waals surface area contributed by atoms with E-state index in [1.54, 1.807) is 13.8 Å². The molecule has 0 fully saturated rings. The summed E-state index contributed by atoms with van der Waals surface area (Å²) in [6, 6.07) is 2.54. The highest BCUT2D eigenvalue weighted by Crippen LogP contribution is 2.25. The number of rotatable bonds is 7. The first-order valence-corrected chi connectivity index (χ1v) is 7.74. The third-order valence-corrected chi connectivity index (χ3v) is 4.40. The smallest absolute Gasteiger partial charge is 0.273 e. The molecule has 0 heterocycles. The van der Waals surface area contributed by atoms with Gasteiger partial charge in [-0.05, 0) is 32.0 Å². The van der Waals surface area contributed by atoms with Crippen molar-refractivity contribution in [2.45, 2.75) is 25.7 Å². The summed E-state index contributed by atoms with van der Waals surface area (Å²) in [5.74, 6) is 0. The van der Waals surface area contributed by atoms with Gasteiger partial charge in [0.1, 0.15) is 0 Å². The quantitative estimate of drug-likeness (QED) is 0.446. The van der Waals surface area contributed by atoms with Gasteiger partial charge in [0.05, 0.1) is 9.82 Å². The van der Waals surface area contributed by atoms with E-state index in [9.17, 15) is 18.5 Å². The first-order valence-electron chi connectivity index (χ1n) is 6.25. The molecular formula is C12H19N3O4S. The average molecular weight is 301 g/mol. The van der Waals surface area contributed by atoms with Crippen molar-refractivity contribution in [3.63, 3.8) is 0 Å². The van der Waals surface area contributed by atoms with Gasteiger partial charge in [-0.15, -0.1) is 0 Å². The SMILES string of the molecule is CCNCCNS(=O)(=O)c1cc(C)c(C)c([N+](=O)[O-])c1. The van der Waals surface area contributed by atoms with Crippen LogP contribution in [0.25, 0.3) is 0 Å². The van der Waals surface area contributed by atoms with E-state index >= 15 is 0 Å². The zero-order chi connectivity index (χ0) is 15.3. The first-order chi connectivity index (χ1) is 9.29. The summed E-state index contributed by atoms with van der Waals surface area (Å²) in [5, 5.41) is 13.9. The molecule has 0 bridgehead atoms. The van der Waals surface area contributed by atoms with Crippen LogP contribution in [-0.4, -0.2) is 33.0 Å². The number of hydrogen-bond acceptors (Lipinski definition) is 5. The minimum atomic E-state index is -3.73. The third-order valence-electron chi connectivity index (χ3n) is 2.96. The van der Waals surface area contributed by atoms with Gasteiger partial charge >= 0.3 is 0 Å². The molecule has 7 nitrogen and oxygen atoms in total. The van der Waals surface area contributed by atoms with Crippen LogP contribution in [-0.2, 0) is 10.0 Å². The van der Waals surface area contributed by atoms with E-state index in [0.717, 1.165) is 12.6 Å². The third kappa shape index (κ3) is 3.99. The van der Waals surface area contributed by atoms with Crippen LogP contribution in [0.15, 0.2) is 17.0 Å². The van der Waals surface area contributed by atoms with Crippen LogP contribution in [0.2, 0.25) is 0 Å². The lowest BCUT2D eigenvalue weighted by Crippen LogP contribution is -2.31. The van der Waals surface area contributed by atoms with Crippen molar-refractivity contribution in [2.24, 2.45) is 0 Å². The second-order valence-electron chi connectivity index (χ2n) is 4.39. The fraction of sp³-hybridized carbons (Fsp3) is 0.500. The second-order valence-corrected chi connectivity index (χ2v) is 6.16. The predicted octanol–water partition coefficient (Wildman–Crippen LogP) is 1.10. The van der Waals surface area contributed by atoms with E-state index in [-0.39, 0.29) is 17.1 Å². The Hall–Kier alpha value is -1.51. The first kappa shape index (κ1) is 16.5. The fourth-order valence-corrected chi connectivity index (χ4v) is 2.82. The average Bonchev–Trinajstić information content (AvgIpc) is 2.37. The van der Waals surface area contributed by atoms with Gasteiger partial charge in [0.25, 0.3) is 5.69 Å². The van der Waals surface area contributed by atoms with E-state index in [1.165, 1.54) is 6.07 Å². The second kappa shape index (κ2) is 6.78. The zero-order valence-electron chi connectivity index (χ0n) is 11.8. The fourth-order valence-electron chi connectivity index (χ4n) is 1.69. The van der Waals surface area contributed by atoms with Crippen molar-refractivity contribution >= 4 is 15.7 Å². The lowest BCUT2D eigenvalue weighted by atomic mass is 10.1. The lowest BCUT2D eigenvalue weighted by molar-refractivity contribution is -0.385. The van der Waals surface area contributed by atoms with Crippen LogP contribution in [0.3, 0.4) is 0 Å². The van der Waals surface area contributed by atoms with Crippen molar-refractivity contribution in [1.29, 1.82) is 0 Å². The molecule has 2 N–H and O–H groups in total. The number of sulfonamides is 1. The van der Waals surface area contributed by atoms with Gasteiger partial charge in [-0.1, -0.05) is 6.92 Å². The zero-order valence-corrected chi connectivity index (χ0v) is 12.6. The van der Waals surface area contributed by atoms with Crippen LogP contribution >= 0.6 is 0 Å². The molecule has 0 atom stereocenters. The van der Waals surface area contributed by atoms with E-state index in [2.05, 4.69) is 10.0 Å². The summed E-state index contributed by atoms with van der Waals surface area (Å²) in [6.45, 7) is 6.65. The Balaban J connectivity index is 3.04. The van der Waals surface area contributed by atoms with Gasteiger partial charge in [0.15, 0.2) is 0 Å². The molecule has 112 valence electrons. The molecule has 1 rings (SSSR count). The number of nitro groups is 1. The molecule has 8 heteroatoms. The van der Waals surface area contributed by atoms with E-state index in [1.807, 2.05) is 6.92 Å². The highest BCUT2D eigenvalue weighted by atomic mass is 32.2. The van der Waals surface area contributed by atoms with Crippen molar-refractivity contribution in [2.75, 3.05) is 19.6 Å². The highest BCUT2D eigenvalue weighted by Gasteiger charge is 2.21. The Morgan fingerprint density at radius 3 is 2.45 bits per heavy atom. The predicted molar refractivity (Wildman–Crippen MR) is 76.3 cm³/mol. The molecular weight excluding hydrogens is 282 g/mol. The molecule has 0 amide bonds. The number of nitrogens with zero attached hydrogens (tertiary/aromatic N) is 1. The molecule has 0 unspecified atom stereocenters. The Bertz CT molecular complexity index is 599. The Labute approximate surface area is 118 Å². The molecule has 0 spiro atoms. The molecule has 0 radical (unpaired) electrons. The monoisotopic (exact) mass is 301 g/mol. The number of aryl methyl sites for hydroxylation is 1. The maximum absolute atomic E-state index is 12.1. The minimum absolute atomic E-state index is 0.0798. The summed E-state index contributed by atoms with van der Waals surface area (Å²) in [6.07, 6.45) is 0. The molecule has 0 aromatic heterocycles. The van der Waals surface area contributed by atoms with E-state index < -0.39 is 14.9 Å². The topological polar surface area (TPSA) is 101 Å². The number of benzene rings is 1. The molecule has 20 heavy (non-hydrogen) atoms. The van der Waals surface area contributed by atoms with Gasteiger partial charge in [0.2, 0.25) is 10.0 Å². The standard InChI is InChI=1S/C12H19N3O4S/c1-4-13-5-6-14-20(18,19)11-7-9(2)10(3)12(8-11)15(16)17/h7-8,13-14H,4-6H2,1-3H3. The van der Waals surface area contributed by atoms with E-state index in [0.29, 0.717) is 17.7 Å². The summed E-state index contributed by atoms with van der Waals surface area (Å²) < 4.78 is 26.6. The van der Waals surface area contributed by atoms with Crippen LogP contribution in [0.1, 0.15) is 18.1 Å². The number of likely N-dealkylation sites (N-methyl/N-ethyl adjacent to an activating group) is 1. The number of nitro benzene ring substituents is 1. The molecule has 1 aromatic carbocycles. The molecule has 0 aliphatic heterocycles. The molecule has 0 saturated heterocycles. The van der Waals surface area contributed by atoms with Crippen LogP contribution in [0.5, 0.6) is 0 Å². The largest absolute Gasteiger partial charge is 0.316 e. The van der Waals surface area contributed by atoms with Gasteiger partial charge in [-0.25, -0.2) is 13.1 Å². The number of hydrogen-bond donors (Lipinski definition) is 2. The lowest BCUT2D eigenvalue weighted by Gasteiger charge is -2.09. The van der Waals surface area contributed by atoms with Crippen LogP contribution in [0, 0.1) is 24.0 Å². The summed E-state index contributed by atoms with van der Waals surface area (Å²) in [5.41, 5.74) is 0.866. The van der Waals surface area contributed by atoms with E-state index in [4.69, 9.17) is 0 Å². The normalized spacial score (nSPS) is 11.6. The maximum atomic E-state index is 12.1. The Kier molecular flexibility index (Phi) is 5.61. The van der Waals surface area contributed by atoms with Crippen LogP contribution < -0.4 is 10.0 Å². The number of nitrogens with one attached hydrogen (secondary N) is 2. The van der Waals surface area contributed by atoms with Crippen LogP contribution in [0.4, 0.5) is 5.69 Å². The van der Waals surface area contributed by atoms with Crippen molar-refractivity contribution in [1.82, 2.24) is 10.0 Å². The highest BCUT2D eigenvalue weighted by molar-refractivity contribution is 7.89. The Morgan fingerprint density at radius 1 is 1.25 bits per heavy atom. The minimum Gasteiger partial charge on any atom is -0.316 e.